The van der Waals surface area contributed by atoms with Gasteiger partial charge >= 0.3 is 6.16 Å². The maximum atomic E-state index is 11.2. The van der Waals surface area contributed by atoms with Gasteiger partial charge in [-0.3, -0.25) is 4.79 Å². The van der Waals surface area contributed by atoms with Gasteiger partial charge in [0.15, 0.2) is 0 Å². The van der Waals surface area contributed by atoms with Gasteiger partial charge in [0.1, 0.15) is 19.3 Å². The number of carbonyl (C=O) groups excluding carboxylic acids is 2. The van der Waals surface area contributed by atoms with Crippen molar-refractivity contribution in [1.29, 1.82) is 0 Å². The zero-order chi connectivity index (χ0) is 14.1. The second kappa shape index (κ2) is 8.10. The van der Waals surface area contributed by atoms with Crippen molar-refractivity contribution in [2.24, 2.45) is 0 Å². The number of carbonyl (C=O) groups is 2. The van der Waals surface area contributed by atoms with Gasteiger partial charge in [-0.15, -0.1) is 0 Å². The van der Waals surface area contributed by atoms with E-state index in [0.717, 1.165) is 5.56 Å². The van der Waals surface area contributed by atoms with Gasteiger partial charge in [0.25, 0.3) is 0 Å². The van der Waals surface area contributed by atoms with E-state index in [1.165, 1.54) is 6.92 Å². The zero-order valence-corrected chi connectivity index (χ0v) is 10.7. The van der Waals surface area contributed by atoms with E-state index in [9.17, 15) is 14.7 Å². The lowest BCUT2D eigenvalue weighted by Gasteiger charge is -2.11. The molecule has 0 aliphatic heterocycles. The maximum absolute atomic E-state index is 11.2. The average molecular weight is 267 g/mol. The van der Waals surface area contributed by atoms with E-state index in [1.54, 1.807) is 0 Å². The molecule has 2 N–H and O–H groups in total. The van der Waals surface area contributed by atoms with E-state index in [4.69, 9.17) is 9.47 Å². The minimum Gasteiger partial charge on any atom is -0.431 e. The van der Waals surface area contributed by atoms with Gasteiger partial charge in [-0.05, 0) is 5.56 Å². The molecule has 1 amide bonds. The highest BCUT2D eigenvalue weighted by atomic mass is 16.7. The van der Waals surface area contributed by atoms with E-state index in [1.807, 2.05) is 30.3 Å². The van der Waals surface area contributed by atoms with Crippen molar-refractivity contribution < 1.29 is 24.2 Å². The normalized spacial score (nSPS) is 11.5. The third kappa shape index (κ3) is 7.05. The van der Waals surface area contributed by atoms with Gasteiger partial charge < -0.3 is 19.9 Å². The Morgan fingerprint density at radius 3 is 2.58 bits per heavy atom. The molecule has 0 heterocycles. The largest absolute Gasteiger partial charge is 0.508 e. The van der Waals surface area contributed by atoms with Crippen LogP contribution in [0, 0.1) is 0 Å². The fourth-order valence-electron chi connectivity index (χ4n) is 1.24. The lowest BCUT2D eigenvalue weighted by Crippen LogP contribution is -2.33. The molecule has 1 aromatic rings. The highest BCUT2D eigenvalue weighted by molar-refractivity contribution is 5.72. The Morgan fingerprint density at radius 1 is 1.26 bits per heavy atom. The monoisotopic (exact) mass is 267 g/mol. The van der Waals surface area contributed by atoms with Crippen molar-refractivity contribution in [3.63, 3.8) is 0 Å². The molecule has 0 bridgehead atoms. The molecule has 1 aromatic carbocycles. The summed E-state index contributed by atoms with van der Waals surface area (Å²) in [7, 11) is 0. The molecule has 0 spiro atoms. The van der Waals surface area contributed by atoms with E-state index in [0.29, 0.717) is 0 Å². The van der Waals surface area contributed by atoms with Gasteiger partial charge in [-0.25, -0.2) is 4.79 Å². The fourth-order valence-corrected chi connectivity index (χ4v) is 1.24. The zero-order valence-electron chi connectivity index (χ0n) is 10.7. The third-order valence-electron chi connectivity index (χ3n) is 2.18. The van der Waals surface area contributed by atoms with Gasteiger partial charge in [-0.2, -0.15) is 0 Å². The van der Waals surface area contributed by atoms with Crippen molar-refractivity contribution in [3.05, 3.63) is 35.9 Å². The third-order valence-corrected chi connectivity index (χ3v) is 2.18. The summed E-state index contributed by atoms with van der Waals surface area (Å²) in [6.07, 6.45) is -1.81. The molecule has 0 aromatic heterocycles. The molecule has 0 fully saturated rings. The van der Waals surface area contributed by atoms with Crippen LogP contribution < -0.4 is 5.32 Å². The number of hydrogen-bond donors (Lipinski definition) is 2. The summed E-state index contributed by atoms with van der Waals surface area (Å²) in [5, 5.41) is 11.8. The van der Waals surface area contributed by atoms with Crippen molar-refractivity contribution in [2.45, 2.75) is 19.6 Å². The number of hydrogen-bond acceptors (Lipinski definition) is 5. The van der Waals surface area contributed by atoms with Crippen LogP contribution in [0.15, 0.2) is 30.3 Å². The van der Waals surface area contributed by atoms with Crippen LogP contribution in [0.25, 0.3) is 0 Å². The van der Waals surface area contributed by atoms with Crippen LogP contribution in [0.3, 0.4) is 0 Å². The standard InChI is InChI=1S/C13H17NO5/c1-10(15)14-7-12(16)9-19-13(17)18-8-11-5-3-2-4-6-11/h2-6,12,16H,7-9H2,1H3,(H,14,15). The molecule has 0 aliphatic carbocycles. The van der Waals surface area contributed by atoms with Crippen molar-refractivity contribution in [1.82, 2.24) is 5.32 Å². The van der Waals surface area contributed by atoms with Crippen LogP contribution in [0.1, 0.15) is 12.5 Å². The van der Waals surface area contributed by atoms with Gasteiger partial charge in [0.05, 0.1) is 0 Å². The highest BCUT2D eigenvalue weighted by Crippen LogP contribution is 2.01. The predicted octanol–water partition coefficient (Wildman–Crippen LogP) is 0.837. The first kappa shape index (κ1) is 15.0. The van der Waals surface area contributed by atoms with Crippen LogP contribution in [0.2, 0.25) is 0 Å². The SMILES string of the molecule is CC(=O)NCC(O)COC(=O)OCc1ccccc1. The summed E-state index contributed by atoms with van der Waals surface area (Å²) in [6.45, 7) is 1.25. The van der Waals surface area contributed by atoms with Crippen LogP contribution in [0.4, 0.5) is 4.79 Å². The second-order valence-electron chi connectivity index (χ2n) is 3.93. The number of aliphatic hydroxyl groups excluding tert-OH is 1. The summed E-state index contributed by atoms with van der Waals surface area (Å²) in [6, 6.07) is 9.17. The Kier molecular flexibility index (Phi) is 6.38. The summed E-state index contributed by atoms with van der Waals surface area (Å²) >= 11 is 0. The van der Waals surface area contributed by atoms with E-state index in [2.05, 4.69) is 5.32 Å². The van der Waals surface area contributed by atoms with Crippen LogP contribution in [-0.2, 0) is 20.9 Å². The molecule has 1 rings (SSSR count). The first-order valence-corrected chi connectivity index (χ1v) is 5.84. The second-order valence-corrected chi connectivity index (χ2v) is 3.93. The van der Waals surface area contributed by atoms with E-state index >= 15 is 0 Å². The van der Waals surface area contributed by atoms with E-state index < -0.39 is 12.3 Å². The first-order chi connectivity index (χ1) is 9.08. The minimum atomic E-state index is -0.951. The van der Waals surface area contributed by atoms with E-state index in [-0.39, 0.29) is 25.7 Å². The molecule has 6 heteroatoms. The van der Waals surface area contributed by atoms with Crippen LogP contribution in [-0.4, -0.2) is 36.4 Å². The molecule has 1 unspecified atom stereocenters. The lowest BCUT2D eigenvalue weighted by atomic mass is 10.2. The van der Waals surface area contributed by atoms with Crippen molar-refractivity contribution in [2.75, 3.05) is 13.2 Å². The Bertz CT molecular complexity index is 407. The van der Waals surface area contributed by atoms with Crippen molar-refractivity contribution in [3.8, 4) is 0 Å². The maximum Gasteiger partial charge on any atom is 0.508 e. The summed E-state index contributed by atoms with van der Waals surface area (Å²) < 4.78 is 9.54. The quantitative estimate of drug-likeness (QED) is 0.746. The molecule has 19 heavy (non-hydrogen) atoms. The van der Waals surface area contributed by atoms with Gasteiger partial charge in [-0.1, -0.05) is 30.3 Å². The summed E-state index contributed by atoms with van der Waals surface area (Å²) in [4.78, 5) is 21.8. The van der Waals surface area contributed by atoms with Crippen LogP contribution >= 0.6 is 0 Å². The molecule has 104 valence electrons. The first-order valence-electron chi connectivity index (χ1n) is 5.84. The van der Waals surface area contributed by atoms with Gasteiger partial charge in [0.2, 0.25) is 5.91 Å². The summed E-state index contributed by atoms with van der Waals surface area (Å²) in [5.74, 6) is -0.259. The van der Waals surface area contributed by atoms with Gasteiger partial charge in [0, 0.05) is 13.5 Å². The average Bonchev–Trinajstić information content (AvgIpc) is 2.41. The Hall–Kier alpha value is -2.08. The fraction of sp³-hybridized carbons (Fsp3) is 0.385. The molecular weight excluding hydrogens is 250 g/mol. The van der Waals surface area contributed by atoms with Crippen molar-refractivity contribution >= 4 is 12.1 Å². The molecule has 0 saturated carbocycles. The molecule has 0 aliphatic rings. The Morgan fingerprint density at radius 2 is 1.95 bits per heavy atom. The Labute approximate surface area is 111 Å². The van der Waals surface area contributed by atoms with Crippen LogP contribution in [0.5, 0.6) is 0 Å². The number of amides is 1. The topological polar surface area (TPSA) is 84.9 Å². The number of aliphatic hydroxyl groups is 1. The smallest absolute Gasteiger partial charge is 0.431 e. The molecule has 0 saturated heterocycles. The molecule has 0 radical (unpaired) electrons. The number of ether oxygens (including phenoxy) is 2. The summed E-state index contributed by atoms with van der Waals surface area (Å²) in [5.41, 5.74) is 0.846. The lowest BCUT2D eigenvalue weighted by molar-refractivity contribution is -0.119. The molecule has 6 nitrogen and oxygen atoms in total. The predicted molar refractivity (Wildman–Crippen MR) is 67.3 cm³/mol. The number of nitrogens with one attached hydrogen (secondary N) is 1. The molecule has 1 atom stereocenters. The number of rotatable bonds is 6. The number of benzene rings is 1. The highest BCUT2D eigenvalue weighted by Gasteiger charge is 2.10. The minimum absolute atomic E-state index is 0.0291. The Balaban J connectivity index is 2.16. The molecular formula is C13H17NO5.